The van der Waals surface area contributed by atoms with Crippen LogP contribution in [0, 0.1) is 0 Å². The van der Waals surface area contributed by atoms with Crippen molar-refractivity contribution in [3.8, 4) is 11.5 Å². The van der Waals surface area contributed by atoms with E-state index in [2.05, 4.69) is 24.1 Å². The SMILES string of the molecule is CCN(CC)CCN1C(=O)c2ccc(-c3ccco3)n2C[C@@]1(C)C(=O)NC1CCCCCC1. The number of nitrogens with one attached hydrogen (secondary N) is 1. The first-order chi connectivity index (χ1) is 16.0. The molecule has 1 aliphatic heterocycles. The molecule has 2 aromatic rings. The molecule has 0 spiro atoms. The first-order valence-corrected chi connectivity index (χ1v) is 12.6. The first kappa shape index (κ1) is 23.6. The van der Waals surface area contributed by atoms with E-state index in [0.29, 0.717) is 24.5 Å². The predicted molar refractivity (Wildman–Crippen MR) is 129 cm³/mol. The fourth-order valence-electron chi connectivity index (χ4n) is 5.31. The van der Waals surface area contributed by atoms with Crippen LogP contribution >= 0.6 is 0 Å². The Balaban J connectivity index is 1.65. The van der Waals surface area contributed by atoms with Crippen molar-refractivity contribution in [2.24, 2.45) is 0 Å². The van der Waals surface area contributed by atoms with Crippen LogP contribution < -0.4 is 5.32 Å². The summed E-state index contributed by atoms with van der Waals surface area (Å²) in [4.78, 5) is 31.6. The number of furan rings is 1. The van der Waals surface area contributed by atoms with Gasteiger partial charge in [-0.15, -0.1) is 0 Å². The summed E-state index contributed by atoms with van der Waals surface area (Å²) in [6.07, 6.45) is 8.43. The van der Waals surface area contributed by atoms with E-state index in [1.54, 1.807) is 11.2 Å². The fraction of sp³-hybridized carbons (Fsp3) is 0.615. The third kappa shape index (κ3) is 4.74. The third-order valence-corrected chi connectivity index (χ3v) is 7.49. The van der Waals surface area contributed by atoms with E-state index in [0.717, 1.165) is 51.0 Å². The standard InChI is InChI=1S/C26H38N4O3/c1-4-28(5-2)16-17-30-24(31)22-15-14-21(23-13-10-18-33-23)29(22)19-26(30,3)25(32)27-20-11-8-6-7-9-12-20/h10,13-15,18,20H,4-9,11-12,16-17,19H2,1-3H3,(H,27,32)/t26-/m0/s1. The number of rotatable bonds is 8. The molecule has 1 aliphatic carbocycles. The second-order valence-electron chi connectivity index (χ2n) is 9.59. The number of carbonyl (C=O) groups excluding carboxylic acids is 2. The Morgan fingerprint density at radius 3 is 2.45 bits per heavy atom. The van der Waals surface area contributed by atoms with E-state index in [-0.39, 0.29) is 17.9 Å². The first-order valence-electron chi connectivity index (χ1n) is 12.6. The van der Waals surface area contributed by atoms with Gasteiger partial charge in [-0.25, -0.2) is 0 Å². The molecule has 7 nitrogen and oxygen atoms in total. The molecule has 4 rings (SSSR count). The van der Waals surface area contributed by atoms with Crippen LogP contribution in [0.5, 0.6) is 0 Å². The summed E-state index contributed by atoms with van der Waals surface area (Å²) >= 11 is 0. The molecule has 0 aromatic carbocycles. The van der Waals surface area contributed by atoms with E-state index >= 15 is 0 Å². The molecule has 0 saturated heterocycles. The Morgan fingerprint density at radius 2 is 1.82 bits per heavy atom. The van der Waals surface area contributed by atoms with Crippen LogP contribution in [0.4, 0.5) is 0 Å². The van der Waals surface area contributed by atoms with Gasteiger partial charge < -0.3 is 24.1 Å². The van der Waals surface area contributed by atoms with Gasteiger partial charge in [0, 0.05) is 19.1 Å². The molecule has 1 saturated carbocycles. The van der Waals surface area contributed by atoms with Gasteiger partial charge in [-0.05, 0) is 57.1 Å². The number of fused-ring (bicyclic) bond motifs is 1. The number of amides is 2. The third-order valence-electron chi connectivity index (χ3n) is 7.49. The molecule has 180 valence electrons. The van der Waals surface area contributed by atoms with Crippen molar-refractivity contribution in [2.45, 2.75) is 77.4 Å². The highest BCUT2D eigenvalue weighted by molar-refractivity contribution is 6.00. The largest absolute Gasteiger partial charge is 0.463 e. The van der Waals surface area contributed by atoms with Crippen molar-refractivity contribution < 1.29 is 14.0 Å². The maximum absolute atomic E-state index is 13.8. The van der Waals surface area contributed by atoms with E-state index in [1.165, 1.54) is 12.8 Å². The Morgan fingerprint density at radius 1 is 1.12 bits per heavy atom. The van der Waals surface area contributed by atoms with Gasteiger partial charge >= 0.3 is 0 Å². The van der Waals surface area contributed by atoms with Crippen molar-refractivity contribution in [2.75, 3.05) is 26.2 Å². The van der Waals surface area contributed by atoms with E-state index in [9.17, 15) is 9.59 Å². The highest BCUT2D eigenvalue weighted by atomic mass is 16.3. The molecule has 2 aliphatic rings. The summed E-state index contributed by atoms with van der Waals surface area (Å²) < 4.78 is 7.59. The van der Waals surface area contributed by atoms with Crippen LogP contribution in [-0.4, -0.2) is 63.9 Å². The molecule has 0 bridgehead atoms. The predicted octanol–water partition coefficient (Wildman–Crippen LogP) is 4.14. The zero-order valence-electron chi connectivity index (χ0n) is 20.3. The number of likely N-dealkylation sites (N-methyl/N-ethyl adjacent to an activating group) is 1. The van der Waals surface area contributed by atoms with Crippen molar-refractivity contribution in [3.05, 3.63) is 36.2 Å². The zero-order valence-corrected chi connectivity index (χ0v) is 20.3. The minimum Gasteiger partial charge on any atom is -0.463 e. The number of hydrogen-bond acceptors (Lipinski definition) is 4. The molecular weight excluding hydrogens is 416 g/mol. The highest BCUT2D eigenvalue weighted by Crippen LogP contribution is 2.33. The maximum atomic E-state index is 13.8. The topological polar surface area (TPSA) is 70.7 Å². The summed E-state index contributed by atoms with van der Waals surface area (Å²) in [5, 5.41) is 3.33. The van der Waals surface area contributed by atoms with E-state index in [1.807, 2.05) is 35.8 Å². The lowest BCUT2D eigenvalue weighted by atomic mass is 9.93. The number of hydrogen-bond donors (Lipinski definition) is 1. The maximum Gasteiger partial charge on any atom is 0.271 e. The Kier molecular flexibility index (Phi) is 7.27. The molecule has 2 amide bonds. The summed E-state index contributed by atoms with van der Waals surface area (Å²) in [7, 11) is 0. The Bertz CT molecular complexity index is 939. The van der Waals surface area contributed by atoms with Gasteiger partial charge in [0.2, 0.25) is 5.91 Å². The lowest BCUT2D eigenvalue weighted by Gasteiger charge is -2.45. The van der Waals surface area contributed by atoms with Crippen LogP contribution in [-0.2, 0) is 11.3 Å². The van der Waals surface area contributed by atoms with Gasteiger partial charge in [0.1, 0.15) is 17.0 Å². The van der Waals surface area contributed by atoms with Gasteiger partial charge in [-0.1, -0.05) is 39.5 Å². The summed E-state index contributed by atoms with van der Waals surface area (Å²) in [6.45, 7) is 9.70. The Labute approximate surface area is 197 Å². The average Bonchev–Trinajstić information content (AvgIpc) is 3.41. The summed E-state index contributed by atoms with van der Waals surface area (Å²) in [5.74, 6) is 0.564. The van der Waals surface area contributed by atoms with Gasteiger partial charge in [0.25, 0.3) is 5.91 Å². The molecule has 0 radical (unpaired) electrons. The number of nitrogens with zero attached hydrogens (tertiary/aromatic N) is 3. The van der Waals surface area contributed by atoms with Crippen molar-refractivity contribution in [3.63, 3.8) is 0 Å². The molecule has 7 heteroatoms. The zero-order chi connectivity index (χ0) is 23.4. The lowest BCUT2D eigenvalue weighted by molar-refractivity contribution is -0.133. The van der Waals surface area contributed by atoms with Crippen molar-refractivity contribution in [1.82, 2.24) is 19.7 Å². The van der Waals surface area contributed by atoms with Gasteiger partial charge in [0.05, 0.1) is 18.5 Å². The molecule has 2 aromatic heterocycles. The van der Waals surface area contributed by atoms with Crippen LogP contribution in [0.15, 0.2) is 34.9 Å². The molecule has 33 heavy (non-hydrogen) atoms. The average molecular weight is 455 g/mol. The van der Waals surface area contributed by atoms with Gasteiger partial charge in [-0.2, -0.15) is 0 Å². The molecular formula is C26H38N4O3. The van der Waals surface area contributed by atoms with Crippen LogP contribution in [0.1, 0.15) is 69.8 Å². The highest BCUT2D eigenvalue weighted by Gasteiger charge is 2.48. The second kappa shape index (κ2) is 10.2. The van der Waals surface area contributed by atoms with Gasteiger partial charge in [0.15, 0.2) is 0 Å². The van der Waals surface area contributed by atoms with Gasteiger partial charge in [-0.3, -0.25) is 9.59 Å². The smallest absolute Gasteiger partial charge is 0.271 e. The molecule has 1 fully saturated rings. The second-order valence-corrected chi connectivity index (χ2v) is 9.59. The van der Waals surface area contributed by atoms with Crippen LogP contribution in [0.3, 0.4) is 0 Å². The number of carbonyl (C=O) groups is 2. The van der Waals surface area contributed by atoms with Crippen LogP contribution in [0.25, 0.3) is 11.5 Å². The minimum absolute atomic E-state index is 0.0490. The van der Waals surface area contributed by atoms with E-state index < -0.39 is 5.54 Å². The molecule has 3 heterocycles. The summed E-state index contributed by atoms with van der Waals surface area (Å²) in [6, 6.07) is 7.70. The molecule has 1 N–H and O–H groups in total. The monoisotopic (exact) mass is 454 g/mol. The molecule has 1 atom stereocenters. The summed E-state index contributed by atoms with van der Waals surface area (Å²) in [5.41, 5.74) is 0.477. The lowest BCUT2D eigenvalue weighted by Crippen LogP contribution is -2.65. The number of aromatic nitrogens is 1. The van der Waals surface area contributed by atoms with Crippen LogP contribution in [0.2, 0.25) is 0 Å². The Hall–Kier alpha value is -2.54. The minimum atomic E-state index is -0.968. The van der Waals surface area contributed by atoms with Crippen molar-refractivity contribution >= 4 is 11.8 Å². The van der Waals surface area contributed by atoms with Crippen molar-refractivity contribution in [1.29, 1.82) is 0 Å². The van der Waals surface area contributed by atoms with E-state index in [4.69, 9.17) is 4.42 Å². The quantitative estimate of drug-likeness (QED) is 0.609. The fourth-order valence-corrected chi connectivity index (χ4v) is 5.31. The normalized spacial score (nSPS) is 21.8. The molecule has 0 unspecified atom stereocenters.